The standard InChI is InChI=1S/C19H27ClO4/c20-16-11-17(22)19(14-9-7-13(12-21)8-10-14)15(16)5-3-1-2-4-6-18(23)24/h7-10,15-17,19,21-22H,1-6,11-12H2,(H,23,24)/t15-,16+,17+,19+/m0/s1. The first-order chi connectivity index (χ1) is 11.5. The van der Waals surface area contributed by atoms with Crippen molar-refractivity contribution in [1.82, 2.24) is 0 Å². The van der Waals surface area contributed by atoms with E-state index in [4.69, 9.17) is 21.8 Å². The summed E-state index contributed by atoms with van der Waals surface area (Å²) in [6.45, 7) is 0.0192. The van der Waals surface area contributed by atoms with Gasteiger partial charge in [-0.15, -0.1) is 11.6 Å². The SMILES string of the molecule is O=C(O)CCCCCC[C@@H]1[C@@H](c2ccc(CO)cc2)[C@H](O)C[C@H]1Cl. The molecule has 0 radical (unpaired) electrons. The number of hydrogen-bond donors (Lipinski definition) is 3. The number of carbonyl (C=O) groups is 1. The molecular formula is C19H27ClO4. The number of halogens is 1. The van der Waals surface area contributed by atoms with E-state index in [9.17, 15) is 9.90 Å². The number of unbranched alkanes of at least 4 members (excludes halogenated alkanes) is 3. The zero-order valence-electron chi connectivity index (χ0n) is 13.9. The van der Waals surface area contributed by atoms with Gasteiger partial charge in [-0.25, -0.2) is 0 Å². The number of hydrogen-bond acceptors (Lipinski definition) is 3. The molecule has 0 heterocycles. The highest BCUT2D eigenvalue weighted by molar-refractivity contribution is 6.21. The van der Waals surface area contributed by atoms with Gasteiger partial charge in [0, 0.05) is 17.7 Å². The number of aliphatic hydroxyl groups excluding tert-OH is 2. The number of benzene rings is 1. The van der Waals surface area contributed by atoms with Crippen LogP contribution in [0.5, 0.6) is 0 Å². The van der Waals surface area contributed by atoms with Crippen molar-refractivity contribution in [2.45, 2.75) is 69.0 Å². The summed E-state index contributed by atoms with van der Waals surface area (Å²) in [6.07, 6.45) is 5.02. The summed E-state index contributed by atoms with van der Waals surface area (Å²) in [4.78, 5) is 10.5. The first-order valence-corrected chi connectivity index (χ1v) is 9.20. The molecule has 3 N–H and O–H groups in total. The third kappa shape index (κ3) is 5.20. The minimum absolute atomic E-state index is 0.0192. The molecule has 1 aliphatic carbocycles. The summed E-state index contributed by atoms with van der Waals surface area (Å²) in [5.74, 6) is -0.457. The Morgan fingerprint density at radius 1 is 1.12 bits per heavy atom. The van der Waals surface area contributed by atoms with E-state index in [1.165, 1.54) is 0 Å². The van der Waals surface area contributed by atoms with Gasteiger partial charge in [-0.2, -0.15) is 0 Å². The van der Waals surface area contributed by atoms with Crippen LogP contribution in [0, 0.1) is 5.92 Å². The van der Waals surface area contributed by atoms with Crippen LogP contribution in [0.15, 0.2) is 24.3 Å². The van der Waals surface area contributed by atoms with Crippen molar-refractivity contribution in [2.75, 3.05) is 0 Å². The van der Waals surface area contributed by atoms with Gasteiger partial charge >= 0.3 is 5.97 Å². The predicted molar refractivity (Wildman–Crippen MR) is 94.2 cm³/mol. The normalized spacial score (nSPS) is 26.6. The van der Waals surface area contributed by atoms with Crippen LogP contribution in [-0.2, 0) is 11.4 Å². The van der Waals surface area contributed by atoms with Crippen molar-refractivity contribution < 1.29 is 20.1 Å². The van der Waals surface area contributed by atoms with E-state index in [1.807, 2.05) is 24.3 Å². The summed E-state index contributed by atoms with van der Waals surface area (Å²) >= 11 is 6.48. The van der Waals surface area contributed by atoms with Crippen molar-refractivity contribution in [2.24, 2.45) is 5.92 Å². The van der Waals surface area contributed by atoms with Crippen molar-refractivity contribution in [3.8, 4) is 0 Å². The van der Waals surface area contributed by atoms with Crippen LogP contribution in [0.3, 0.4) is 0 Å². The van der Waals surface area contributed by atoms with Crippen molar-refractivity contribution in [3.05, 3.63) is 35.4 Å². The van der Waals surface area contributed by atoms with E-state index in [2.05, 4.69) is 0 Å². The summed E-state index contributed by atoms with van der Waals surface area (Å²) in [7, 11) is 0. The molecule has 1 aromatic rings. The highest BCUT2D eigenvalue weighted by Gasteiger charge is 2.41. The number of aliphatic hydroxyl groups is 2. The molecule has 0 aromatic heterocycles. The van der Waals surface area contributed by atoms with E-state index in [0.717, 1.165) is 43.2 Å². The largest absolute Gasteiger partial charge is 0.481 e. The van der Waals surface area contributed by atoms with Crippen LogP contribution >= 0.6 is 11.6 Å². The zero-order valence-corrected chi connectivity index (χ0v) is 14.7. The van der Waals surface area contributed by atoms with Crippen molar-refractivity contribution >= 4 is 17.6 Å². The number of carboxylic acids is 1. The molecule has 1 saturated carbocycles. The molecule has 2 rings (SSSR count). The lowest BCUT2D eigenvalue weighted by molar-refractivity contribution is -0.137. The van der Waals surface area contributed by atoms with Crippen LogP contribution in [0.2, 0.25) is 0 Å². The first-order valence-electron chi connectivity index (χ1n) is 8.76. The molecule has 5 heteroatoms. The molecule has 1 fully saturated rings. The van der Waals surface area contributed by atoms with Crippen LogP contribution in [0.4, 0.5) is 0 Å². The summed E-state index contributed by atoms with van der Waals surface area (Å²) in [6, 6.07) is 7.75. The van der Waals surface area contributed by atoms with Crippen LogP contribution in [0.25, 0.3) is 0 Å². The molecule has 0 spiro atoms. The Labute approximate surface area is 148 Å². The van der Waals surface area contributed by atoms with Crippen LogP contribution < -0.4 is 0 Å². The summed E-state index contributed by atoms with van der Waals surface area (Å²) < 4.78 is 0. The molecule has 0 aliphatic heterocycles. The Kier molecular flexibility index (Phi) is 7.53. The van der Waals surface area contributed by atoms with E-state index < -0.39 is 12.1 Å². The quantitative estimate of drug-likeness (QED) is 0.467. The van der Waals surface area contributed by atoms with E-state index >= 15 is 0 Å². The van der Waals surface area contributed by atoms with Crippen LogP contribution in [0.1, 0.15) is 62.0 Å². The molecule has 4 atom stereocenters. The second-order valence-electron chi connectivity index (χ2n) is 6.76. The number of aliphatic carboxylic acids is 1. The lowest BCUT2D eigenvalue weighted by atomic mass is 9.84. The molecule has 134 valence electrons. The van der Waals surface area contributed by atoms with E-state index in [1.54, 1.807) is 0 Å². The van der Waals surface area contributed by atoms with Gasteiger partial charge in [-0.1, -0.05) is 43.5 Å². The maximum Gasteiger partial charge on any atom is 0.303 e. The molecule has 4 nitrogen and oxygen atoms in total. The second kappa shape index (κ2) is 9.40. The fraction of sp³-hybridized carbons (Fsp3) is 0.632. The van der Waals surface area contributed by atoms with Crippen LogP contribution in [-0.4, -0.2) is 32.8 Å². The molecule has 0 amide bonds. The Balaban J connectivity index is 1.89. The molecule has 1 aromatic carbocycles. The molecule has 1 aliphatic rings. The number of carboxylic acid groups (broad SMARTS) is 1. The third-order valence-corrected chi connectivity index (χ3v) is 5.53. The Hall–Kier alpha value is -1.10. The molecule has 24 heavy (non-hydrogen) atoms. The average Bonchev–Trinajstić information content (AvgIpc) is 2.84. The van der Waals surface area contributed by atoms with Gasteiger partial charge in [-0.05, 0) is 36.3 Å². The van der Waals surface area contributed by atoms with Gasteiger partial charge in [0.2, 0.25) is 0 Å². The number of alkyl halides is 1. The maximum atomic E-state index is 10.5. The Morgan fingerprint density at radius 2 is 1.79 bits per heavy atom. The third-order valence-electron chi connectivity index (χ3n) is 5.03. The fourth-order valence-electron chi connectivity index (χ4n) is 3.75. The summed E-state index contributed by atoms with van der Waals surface area (Å²) in [5.41, 5.74) is 1.95. The van der Waals surface area contributed by atoms with Gasteiger partial charge in [0.05, 0.1) is 12.7 Å². The molecular weight excluding hydrogens is 328 g/mol. The van der Waals surface area contributed by atoms with Crippen molar-refractivity contribution in [1.29, 1.82) is 0 Å². The molecule has 0 unspecified atom stereocenters. The monoisotopic (exact) mass is 354 g/mol. The lowest BCUT2D eigenvalue weighted by Crippen LogP contribution is -2.19. The fourth-order valence-corrected chi connectivity index (χ4v) is 4.21. The topological polar surface area (TPSA) is 77.8 Å². The van der Waals surface area contributed by atoms with E-state index in [-0.39, 0.29) is 30.2 Å². The minimum atomic E-state index is -0.735. The van der Waals surface area contributed by atoms with E-state index in [0.29, 0.717) is 6.42 Å². The van der Waals surface area contributed by atoms with Gasteiger partial charge in [0.25, 0.3) is 0 Å². The molecule has 0 bridgehead atoms. The van der Waals surface area contributed by atoms with Crippen molar-refractivity contribution in [3.63, 3.8) is 0 Å². The number of rotatable bonds is 9. The predicted octanol–water partition coefficient (Wildman–Crippen LogP) is 3.68. The minimum Gasteiger partial charge on any atom is -0.481 e. The zero-order chi connectivity index (χ0) is 17.5. The second-order valence-corrected chi connectivity index (χ2v) is 7.32. The lowest BCUT2D eigenvalue weighted by Gasteiger charge is -2.24. The Morgan fingerprint density at radius 3 is 2.42 bits per heavy atom. The summed E-state index contributed by atoms with van der Waals surface area (Å²) in [5, 5.41) is 28.2. The maximum absolute atomic E-state index is 10.5. The average molecular weight is 355 g/mol. The van der Waals surface area contributed by atoms with Gasteiger partial charge in [-0.3, -0.25) is 4.79 Å². The highest BCUT2D eigenvalue weighted by atomic mass is 35.5. The molecule has 0 saturated heterocycles. The van der Waals surface area contributed by atoms with Gasteiger partial charge < -0.3 is 15.3 Å². The smallest absolute Gasteiger partial charge is 0.303 e. The highest BCUT2D eigenvalue weighted by Crippen LogP contribution is 2.45. The first kappa shape index (κ1) is 19.2. The van der Waals surface area contributed by atoms with Gasteiger partial charge in [0.1, 0.15) is 0 Å². The Bertz CT molecular complexity index is 517. The van der Waals surface area contributed by atoms with Gasteiger partial charge in [0.15, 0.2) is 0 Å².